The molecule has 0 aromatic carbocycles. The number of likely N-dealkylation sites (N-methyl/N-ethyl adjacent to an activating group) is 1. The number of alkyl halides is 1. The van der Waals surface area contributed by atoms with E-state index < -0.39 is 0 Å². The third kappa shape index (κ3) is 4.60. The van der Waals surface area contributed by atoms with Crippen LogP contribution < -0.4 is 5.32 Å². The molecule has 0 aromatic rings. The van der Waals surface area contributed by atoms with Crippen LogP contribution in [0.15, 0.2) is 0 Å². The Morgan fingerprint density at radius 1 is 1.64 bits per heavy atom. The van der Waals surface area contributed by atoms with Gasteiger partial charge in [0.1, 0.15) is 0 Å². The fourth-order valence-electron chi connectivity index (χ4n) is 1.63. The molecular formula is C10H21ClN2O. The van der Waals surface area contributed by atoms with Crippen molar-refractivity contribution >= 4 is 11.6 Å². The maximum atomic E-state index is 5.84. The highest BCUT2D eigenvalue weighted by molar-refractivity contribution is 6.20. The van der Waals surface area contributed by atoms with Crippen LogP contribution in [0, 0.1) is 0 Å². The summed E-state index contributed by atoms with van der Waals surface area (Å²) in [6.07, 6.45) is 0.333. The van der Waals surface area contributed by atoms with Crippen molar-refractivity contribution in [2.24, 2.45) is 0 Å². The van der Waals surface area contributed by atoms with E-state index in [1.54, 1.807) is 0 Å². The van der Waals surface area contributed by atoms with E-state index in [1.807, 2.05) is 6.92 Å². The quantitative estimate of drug-likeness (QED) is 0.698. The molecule has 0 bridgehead atoms. The molecule has 0 radical (unpaired) electrons. The van der Waals surface area contributed by atoms with Crippen LogP contribution in [0.25, 0.3) is 0 Å². The van der Waals surface area contributed by atoms with Crippen molar-refractivity contribution in [3.05, 3.63) is 0 Å². The van der Waals surface area contributed by atoms with E-state index in [-0.39, 0.29) is 5.38 Å². The SMILES string of the molecule is CCN1CCOC(CNCC(C)Cl)C1. The highest BCUT2D eigenvalue weighted by Crippen LogP contribution is 2.03. The third-order valence-electron chi connectivity index (χ3n) is 2.47. The van der Waals surface area contributed by atoms with Crippen LogP contribution >= 0.6 is 11.6 Å². The minimum absolute atomic E-state index is 0.195. The van der Waals surface area contributed by atoms with Gasteiger partial charge in [-0.2, -0.15) is 0 Å². The molecule has 0 aliphatic carbocycles. The Kier molecular flexibility index (Phi) is 5.78. The van der Waals surface area contributed by atoms with Crippen molar-refractivity contribution in [1.29, 1.82) is 0 Å². The average Bonchev–Trinajstić information content (AvgIpc) is 2.18. The number of morpholine rings is 1. The molecule has 1 saturated heterocycles. The smallest absolute Gasteiger partial charge is 0.0826 e. The number of ether oxygens (including phenoxy) is 1. The van der Waals surface area contributed by atoms with Gasteiger partial charge in [0.15, 0.2) is 0 Å². The van der Waals surface area contributed by atoms with Crippen LogP contribution in [-0.2, 0) is 4.74 Å². The first-order valence-electron chi connectivity index (χ1n) is 5.41. The zero-order valence-electron chi connectivity index (χ0n) is 9.13. The van der Waals surface area contributed by atoms with Gasteiger partial charge in [0.05, 0.1) is 12.7 Å². The van der Waals surface area contributed by atoms with Gasteiger partial charge in [0, 0.05) is 31.6 Å². The van der Waals surface area contributed by atoms with Gasteiger partial charge in [-0.15, -0.1) is 11.6 Å². The van der Waals surface area contributed by atoms with Gasteiger partial charge >= 0.3 is 0 Å². The summed E-state index contributed by atoms with van der Waals surface area (Å²) in [7, 11) is 0. The zero-order chi connectivity index (χ0) is 10.4. The van der Waals surface area contributed by atoms with Gasteiger partial charge in [0.2, 0.25) is 0 Å². The Balaban J connectivity index is 2.11. The topological polar surface area (TPSA) is 24.5 Å². The lowest BCUT2D eigenvalue weighted by atomic mass is 10.2. The minimum atomic E-state index is 0.195. The third-order valence-corrected chi connectivity index (χ3v) is 2.62. The molecule has 84 valence electrons. The maximum Gasteiger partial charge on any atom is 0.0826 e. The van der Waals surface area contributed by atoms with Crippen LogP contribution in [0.4, 0.5) is 0 Å². The molecule has 0 amide bonds. The molecule has 2 atom stereocenters. The zero-order valence-corrected chi connectivity index (χ0v) is 9.89. The lowest BCUT2D eigenvalue weighted by Gasteiger charge is -2.32. The summed E-state index contributed by atoms with van der Waals surface area (Å²) < 4.78 is 5.64. The Labute approximate surface area is 91.7 Å². The van der Waals surface area contributed by atoms with E-state index >= 15 is 0 Å². The van der Waals surface area contributed by atoms with Crippen molar-refractivity contribution in [1.82, 2.24) is 10.2 Å². The highest BCUT2D eigenvalue weighted by Gasteiger charge is 2.18. The number of rotatable bonds is 5. The minimum Gasteiger partial charge on any atom is -0.374 e. The van der Waals surface area contributed by atoms with Gasteiger partial charge in [-0.3, -0.25) is 4.90 Å². The first kappa shape index (κ1) is 12.2. The van der Waals surface area contributed by atoms with Gasteiger partial charge in [0.25, 0.3) is 0 Å². The van der Waals surface area contributed by atoms with Crippen LogP contribution in [0.2, 0.25) is 0 Å². The molecule has 14 heavy (non-hydrogen) atoms. The average molecular weight is 221 g/mol. The molecule has 1 fully saturated rings. The van der Waals surface area contributed by atoms with Crippen LogP contribution in [0.5, 0.6) is 0 Å². The molecule has 1 aliphatic heterocycles. The fraction of sp³-hybridized carbons (Fsp3) is 1.00. The summed E-state index contributed by atoms with van der Waals surface area (Å²) in [5.41, 5.74) is 0. The standard InChI is InChI=1S/C10H21ClN2O/c1-3-13-4-5-14-10(8-13)7-12-6-9(2)11/h9-10,12H,3-8H2,1-2H3. The first-order valence-corrected chi connectivity index (χ1v) is 5.84. The van der Waals surface area contributed by atoms with Gasteiger partial charge in [-0.05, 0) is 13.5 Å². The van der Waals surface area contributed by atoms with E-state index in [2.05, 4.69) is 17.1 Å². The normalized spacial score (nSPS) is 26.4. The van der Waals surface area contributed by atoms with Crippen molar-refractivity contribution in [3.63, 3.8) is 0 Å². The molecule has 3 nitrogen and oxygen atoms in total. The molecule has 1 heterocycles. The largest absolute Gasteiger partial charge is 0.374 e. The van der Waals surface area contributed by atoms with Crippen LogP contribution in [0.1, 0.15) is 13.8 Å². The second-order valence-electron chi connectivity index (χ2n) is 3.83. The Hall–Kier alpha value is 0.170. The second kappa shape index (κ2) is 6.62. The highest BCUT2D eigenvalue weighted by atomic mass is 35.5. The maximum absolute atomic E-state index is 5.84. The van der Waals surface area contributed by atoms with Crippen molar-refractivity contribution in [2.45, 2.75) is 25.3 Å². The molecule has 1 N–H and O–H groups in total. The summed E-state index contributed by atoms with van der Waals surface area (Å²) in [6, 6.07) is 0. The van der Waals surface area contributed by atoms with E-state index in [9.17, 15) is 0 Å². The summed E-state index contributed by atoms with van der Waals surface area (Å²) >= 11 is 5.84. The van der Waals surface area contributed by atoms with E-state index in [4.69, 9.17) is 16.3 Å². The second-order valence-corrected chi connectivity index (χ2v) is 4.57. The fourth-order valence-corrected chi connectivity index (χ4v) is 1.74. The molecule has 1 aliphatic rings. The van der Waals surface area contributed by atoms with Crippen molar-refractivity contribution in [2.75, 3.05) is 39.3 Å². The molecule has 0 saturated carbocycles. The molecule has 0 spiro atoms. The first-order chi connectivity index (χ1) is 6.72. The number of nitrogens with zero attached hydrogens (tertiary/aromatic N) is 1. The van der Waals surface area contributed by atoms with Crippen molar-refractivity contribution in [3.8, 4) is 0 Å². The summed E-state index contributed by atoms with van der Waals surface area (Å²) in [6.45, 7) is 10.0. The molecule has 2 unspecified atom stereocenters. The van der Waals surface area contributed by atoms with E-state index in [1.165, 1.54) is 0 Å². The molecule has 4 heteroatoms. The number of hydrogen-bond donors (Lipinski definition) is 1. The summed E-state index contributed by atoms with van der Waals surface area (Å²) in [4.78, 5) is 2.42. The number of halogens is 1. The Morgan fingerprint density at radius 3 is 3.07 bits per heavy atom. The predicted octanol–water partition coefficient (Wildman–Crippen LogP) is 0.924. The van der Waals surface area contributed by atoms with Gasteiger partial charge in [-0.25, -0.2) is 0 Å². The molecule has 1 rings (SSSR count). The Morgan fingerprint density at radius 2 is 2.43 bits per heavy atom. The molecule has 0 aromatic heterocycles. The van der Waals surface area contributed by atoms with Gasteiger partial charge in [-0.1, -0.05) is 6.92 Å². The molecular weight excluding hydrogens is 200 g/mol. The Bertz CT molecular complexity index is 155. The van der Waals surface area contributed by atoms with Crippen LogP contribution in [0.3, 0.4) is 0 Å². The summed E-state index contributed by atoms with van der Waals surface area (Å²) in [5.74, 6) is 0. The van der Waals surface area contributed by atoms with Gasteiger partial charge < -0.3 is 10.1 Å². The van der Waals surface area contributed by atoms with Crippen molar-refractivity contribution < 1.29 is 4.74 Å². The number of nitrogens with one attached hydrogen (secondary N) is 1. The van der Waals surface area contributed by atoms with E-state index in [0.29, 0.717) is 6.10 Å². The predicted molar refractivity (Wildman–Crippen MR) is 60.0 cm³/mol. The monoisotopic (exact) mass is 220 g/mol. The lowest BCUT2D eigenvalue weighted by Crippen LogP contribution is -2.46. The lowest BCUT2D eigenvalue weighted by molar-refractivity contribution is -0.0251. The van der Waals surface area contributed by atoms with Crippen LogP contribution in [-0.4, -0.2) is 55.7 Å². The van der Waals surface area contributed by atoms with E-state index in [0.717, 1.165) is 39.3 Å². The summed E-state index contributed by atoms with van der Waals surface area (Å²) in [5, 5.41) is 3.51. The number of hydrogen-bond acceptors (Lipinski definition) is 3.